The highest BCUT2D eigenvalue weighted by Crippen LogP contribution is 2.27. The van der Waals surface area contributed by atoms with Gasteiger partial charge in [0, 0.05) is 14.2 Å². The highest BCUT2D eigenvalue weighted by Gasteiger charge is 2.28. The highest BCUT2D eigenvalue weighted by atomic mass is 16.5. The van der Waals surface area contributed by atoms with Crippen LogP contribution in [0.25, 0.3) is 0 Å². The van der Waals surface area contributed by atoms with Crippen molar-refractivity contribution in [3.8, 4) is 0 Å². The molecule has 1 atom stereocenters. The van der Waals surface area contributed by atoms with E-state index in [2.05, 4.69) is 6.58 Å². The summed E-state index contributed by atoms with van der Waals surface area (Å²) in [6.45, 7) is 4.51. The van der Waals surface area contributed by atoms with Crippen molar-refractivity contribution in [1.82, 2.24) is 0 Å². The molecule has 0 aromatic heterocycles. The molecule has 0 saturated heterocycles. The molecule has 0 saturated carbocycles. The Morgan fingerprint density at radius 1 is 1.58 bits per heavy atom. The van der Waals surface area contributed by atoms with Gasteiger partial charge in [-0.1, -0.05) is 24.3 Å². The van der Waals surface area contributed by atoms with E-state index < -0.39 is 0 Å². The Morgan fingerprint density at radius 2 is 2.33 bits per heavy atom. The van der Waals surface area contributed by atoms with Gasteiger partial charge in [0.15, 0.2) is 0 Å². The average molecular weight is 168 g/mol. The lowest BCUT2D eigenvalue weighted by atomic mass is 9.89. The Bertz CT molecular complexity index is 196. The summed E-state index contributed by atoms with van der Waals surface area (Å²) in [6.07, 6.45) is 6.02. The van der Waals surface area contributed by atoms with Gasteiger partial charge in [0.25, 0.3) is 0 Å². The van der Waals surface area contributed by atoms with Crippen molar-refractivity contribution in [2.75, 3.05) is 20.8 Å². The third-order valence-corrected chi connectivity index (χ3v) is 2.29. The van der Waals surface area contributed by atoms with Gasteiger partial charge in [-0.25, -0.2) is 0 Å². The molecule has 0 aliphatic heterocycles. The van der Waals surface area contributed by atoms with Gasteiger partial charge in [0.1, 0.15) is 5.60 Å². The summed E-state index contributed by atoms with van der Waals surface area (Å²) in [5.41, 5.74) is 0.953. The fourth-order valence-electron chi connectivity index (χ4n) is 1.40. The summed E-state index contributed by atoms with van der Waals surface area (Å²) in [4.78, 5) is 0. The maximum atomic E-state index is 5.41. The van der Waals surface area contributed by atoms with E-state index in [1.165, 1.54) is 5.57 Å². The monoisotopic (exact) mass is 168 g/mol. The smallest absolute Gasteiger partial charge is 0.110 e. The molecule has 0 aromatic carbocycles. The van der Waals surface area contributed by atoms with Gasteiger partial charge in [-0.15, -0.1) is 0 Å². The standard InChI is InChI=1S/C10H16O2/c1-9-4-6-10(12-3,7-5-9)8-11-2/h4,6H,1,5,7-8H2,2-3H3. The molecule has 0 N–H and O–H groups in total. The molecule has 1 aliphatic rings. The van der Waals surface area contributed by atoms with Crippen LogP contribution >= 0.6 is 0 Å². The normalized spacial score (nSPS) is 29.3. The third kappa shape index (κ3) is 1.96. The number of hydrogen-bond acceptors (Lipinski definition) is 2. The van der Waals surface area contributed by atoms with Crippen molar-refractivity contribution in [2.24, 2.45) is 0 Å². The second-order valence-electron chi connectivity index (χ2n) is 3.19. The molecule has 2 heteroatoms. The van der Waals surface area contributed by atoms with Gasteiger partial charge in [-0.2, -0.15) is 0 Å². The minimum Gasteiger partial charge on any atom is -0.381 e. The molecule has 1 rings (SSSR count). The van der Waals surface area contributed by atoms with E-state index in [9.17, 15) is 0 Å². The molecule has 2 nitrogen and oxygen atoms in total. The lowest BCUT2D eigenvalue weighted by molar-refractivity contribution is -0.0357. The quantitative estimate of drug-likeness (QED) is 0.641. The molecule has 0 heterocycles. The van der Waals surface area contributed by atoms with Gasteiger partial charge in [-0.3, -0.25) is 0 Å². The maximum absolute atomic E-state index is 5.41. The number of allylic oxidation sites excluding steroid dienone is 2. The molecule has 0 amide bonds. The van der Waals surface area contributed by atoms with Crippen LogP contribution in [0.15, 0.2) is 24.3 Å². The van der Waals surface area contributed by atoms with Crippen LogP contribution in [0, 0.1) is 0 Å². The Balaban J connectivity index is 2.68. The predicted molar refractivity (Wildman–Crippen MR) is 49.1 cm³/mol. The van der Waals surface area contributed by atoms with Gasteiger partial charge in [0.2, 0.25) is 0 Å². The molecule has 0 spiro atoms. The fraction of sp³-hybridized carbons (Fsp3) is 0.600. The first kappa shape index (κ1) is 9.49. The first-order valence-electron chi connectivity index (χ1n) is 4.13. The third-order valence-electron chi connectivity index (χ3n) is 2.29. The highest BCUT2D eigenvalue weighted by molar-refractivity contribution is 5.24. The lowest BCUT2D eigenvalue weighted by Gasteiger charge is -2.31. The molecule has 0 aromatic rings. The van der Waals surface area contributed by atoms with Crippen LogP contribution in [-0.4, -0.2) is 26.4 Å². The van der Waals surface area contributed by atoms with Crippen LogP contribution in [0.5, 0.6) is 0 Å². The molecule has 0 bridgehead atoms. The zero-order valence-electron chi connectivity index (χ0n) is 7.80. The molecule has 0 radical (unpaired) electrons. The van der Waals surface area contributed by atoms with Crippen molar-refractivity contribution in [3.63, 3.8) is 0 Å². The topological polar surface area (TPSA) is 18.5 Å². The predicted octanol–water partition coefficient (Wildman–Crippen LogP) is 1.92. The summed E-state index contributed by atoms with van der Waals surface area (Å²) < 4.78 is 10.5. The molecule has 1 aliphatic carbocycles. The van der Waals surface area contributed by atoms with E-state index in [1.807, 2.05) is 12.2 Å². The second kappa shape index (κ2) is 3.87. The minimum atomic E-state index is -0.212. The number of ether oxygens (including phenoxy) is 2. The fourth-order valence-corrected chi connectivity index (χ4v) is 1.40. The molecule has 68 valence electrons. The summed E-state index contributed by atoms with van der Waals surface area (Å²) in [5, 5.41) is 0. The Labute approximate surface area is 73.9 Å². The minimum absolute atomic E-state index is 0.212. The van der Waals surface area contributed by atoms with Gasteiger partial charge >= 0.3 is 0 Å². The maximum Gasteiger partial charge on any atom is 0.110 e. The van der Waals surface area contributed by atoms with Crippen LogP contribution < -0.4 is 0 Å². The Morgan fingerprint density at radius 3 is 2.75 bits per heavy atom. The van der Waals surface area contributed by atoms with Gasteiger partial charge in [0.05, 0.1) is 6.61 Å². The molecular formula is C10H16O2. The van der Waals surface area contributed by atoms with Crippen molar-refractivity contribution in [1.29, 1.82) is 0 Å². The Kier molecular flexibility index (Phi) is 3.06. The average Bonchev–Trinajstić information content (AvgIpc) is 2.10. The van der Waals surface area contributed by atoms with E-state index in [0.29, 0.717) is 6.61 Å². The summed E-state index contributed by atoms with van der Waals surface area (Å²) in [5.74, 6) is 0. The van der Waals surface area contributed by atoms with E-state index >= 15 is 0 Å². The number of hydrogen-bond donors (Lipinski definition) is 0. The molecular weight excluding hydrogens is 152 g/mol. The molecule has 0 fully saturated rings. The largest absolute Gasteiger partial charge is 0.381 e. The van der Waals surface area contributed by atoms with Crippen molar-refractivity contribution >= 4 is 0 Å². The van der Waals surface area contributed by atoms with Gasteiger partial charge < -0.3 is 9.47 Å². The zero-order chi connectivity index (χ0) is 9.03. The second-order valence-corrected chi connectivity index (χ2v) is 3.19. The van der Waals surface area contributed by atoms with E-state index in [0.717, 1.165) is 12.8 Å². The van der Waals surface area contributed by atoms with Crippen LogP contribution in [0.1, 0.15) is 12.8 Å². The molecule has 1 unspecified atom stereocenters. The summed E-state index contributed by atoms with van der Waals surface area (Å²) in [7, 11) is 3.41. The molecule has 12 heavy (non-hydrogen) atoms. The van der Waals surface area contributed by atoms with Crippen LogP contribution in [-0.2, 0) is 9.47 Å². The first-order valence-corrected chi connectivity index (χ1v) is 4.13. The van der Waals surface area contributed by atoms with Crippen LogP contribution in [0.3, 0.4) is 0 Å². The van der Waals surface area contributed by atoms with Crippen LogP contribution in [0.2, 0.25) is 0 Å². The van der Waals surface area contributed by atoms with Crippen molar-refractivity contribution < 1.29 is 9.47 Å². The van der Waals surface area contributed by atoms with Crippen LogP contribution in [0.4, 0.5) is 0 Å². The SMILES string of the molecule is C=C1C=CC(COC)(OC)CC1. The van der Waals surface area contributed by atoms with Gasteiger partial charge in [-0.05, 0) is 12.8 Å². The van der Waals surface area contributed by atoms with E-state index in [4.69, 9.17) is 9.47 Å². The van der Waals surface area contributed by atoms with Crippen molar-refractivity contribution in [3.05, 3.63) is 24.3 Å². The van der Waals surface area contributed by atoms with E-state index in [1.54, 1.807) is 14.2 Å². The first-order chi connectivity index (χ1) is 5.72. The Hall–Kier alpha value is -0.600. The zero-order valence-corrected chi connectivity index (χ0v) is 7.80. The van der Waals surface area contributed by atoms with Crippen molar-refractivity contribution in [2.45, 2.75) is 18.4 Å². The summed E-state index contributed by atoms with van der Waals surface area (Å²) >= 11 is 0. The number of rotatable bonds is 3. The summed E-state index contributed by atoms with van der Waals surface area (Å²) in [6, 6.07) is 0. The lowest BCUT2D eigenvalue weighted by Crippen LogP contribution is -2.35. The van der Waals surface area contributed by atoms with E-state index in [-0.39, 0.29) is 5.60 Å². The number of methoxy groups -OCH3 is 2.